The fourth-order valence-electron chi connectivity index (χ4n) is 0. The molecular weight excluding hydrogens is 76.1 g/mol. The Hall–Kier alpha value is -0.790. The van der Waals surface area contributed by atoms with E-state index in [9.17, 15) is 0 Å². The van der Waals surface area contributed by atoms with Gasteiger partial charge in [0.2, 0.25) is 0 Å². The van der Waals surface area contributed by atoms with Crippen molar-refractivity contribution in [2.75, 3.05) is 7.05 Å². The Labute approximate surface area is 38.6 Å². The van der Waals surface area contributed by atoms with E-state index in [4.69, 9.17) is 0 Å². The zero-order valence-corrected chi connectivity index (χ0v) is 4.07. The van der Waals surface area contributed by atoms with Crippen molar-refractivity contribution in [3.05, 3.63) is 13.2 Å². The number of hydrogen-bond acceptors (Lipinski definition) is 2. The molecular formula is C4H10N2. The van der Waals surface area contributed by atoms with Crippen molar-refractivity contribution in [1.82, 2.24) is 5.43 Å². The summed E-state index contributed by atoms with van der Waals surface area (Å²) in [6.07, 6.45) is 0. The van der Waals surface area contributed by atoms with Crippen molar-refractivity contribution >= 4 is 6.72 Å². The minimum absolute atomic E-state index is 1.70. The summed E-state index contributed by atoms with van der Waals surface area (Å²) in [4.78, 5) is 0. The van der Waals surface area contributed by atoms with Crippen molar-refractivity contribution in [3.63, 3.8) is 0 Å². The first-order valence-electron chi connectivity index (χ1n) is 1.54. The van der Waals surface area contributed by atoms with Crippen molar-refractivity contribution in [2.45, 2.75) is 0 Å². The first-order valence-corrected chi connectivity index (χ1v) is 1.54. The molecule has 0 spiro atoms. The van der Waals surface area contributed by atoms with Gasteiger partial charge in [-0.15, -0.1) is 13.2 Å². The summed E-state index contributed by atoms with van der Waals surface area (Å²) >= 11 is 0. The van der Waals surface area contributed by atoms with Crippen LogP contribution in [0.4, 0.5) is 0 Å². The molecule has 36 valence electrons. The lowest BCUT2D eigenvalue weighted by atomic mass is 11.3. The monoisotopic (exact) mass is 86.1 g/mol. The van der Waals surface area contributed by atoms with Crippen LogP contribution in [-0.4, -0.2) is 13.8 Å². The Morgan fingerprint density at radius 1 is 1.50 bits per heavy atom. The normalized spacial score (nSPS) is 4.17. The van der Waals surface area contributed by atoms with Crippen molar-refractivity contribution in [1.29, 1.82) is 0 Å². The molecule has 0 radical (unpaired) electrons. The van der Waals surface area contributed by atoms with Gasteiger partial charge in [-0.3, -0.25) is 0 Å². The Kier molecular flexibility index (Phi) is 44.3. The summed E-state index contributed by atoms with van der Waals surface area (Å²) in [5, 5.41) is 3.24. The fourth-order valence-corrected chi connectivity index (χ4v) is 0. The van der Waals surface area contributed by atoms with E-state index in [1.165, 1.54) is 0 Å². The van der Waals surface area contributed by atoms with Crippen LogP contribution in [0.25, 0.3) is 0 Å². The van der Waals surface area contributed by atoms with E-state index in [1.54, 1.807) is 7.05 Å². The maximum atomic E-state index is 3.24. The summed E-state index contributed by atoms with van der Waals surface area (Å²) in [7, 11) is 1.70. The van der Waals surface area contributed by atoms with Crippen LogP contribution in [0.2, 0.25) is 0 Å². The lowest BCUT2D eigenvalue weighted by Gasteiger charge is -1.71. The predicted octanol–water partition coefficient (Wildman–Crippen LogP) is 0.624. The first kappa shape index (κ1) is 8.96. The van der Waals surface area contributed by atoms with Gasteiger partial charge in [0, 0.05) is 13.8 Å². The first-order chi connectivity index (χ1) is 2.91. The van der Waals surface area contributed by atoms with Gasteiger partial charge in [0.25, 0.3) is 0 Å². The number of nitrogens with zero attached hydrogens (tertiary/aromatic N) is 1. The molecule has 0 aromatic carbocycles. The summed E-state index contributed by atoms with van der Waals surface area (Å²) in [6.45, 7) is 9.12. The van der Waals surface area contributed by atoms with Crippen LogP contribution in [0, 0.1) is 0 Å². The summed E-state index contributed by atoms with van der Waals surface area (Å²) in [5.41, 5.74) is 2.44. The maximum absolute atomic E-state index is 3.24. The highest BCUT2D eigenvalue weighted by atomic mass is 15.2. The van der Waals surface area contributed by atoms with E-state index in [0.717, 1.165) is 0 Å². The van der Waals surface area contributed by atoms with E-state index < -0.39 is 0 Å². The van der Waals surface area contributed by atoms with Gasteiger partial charge in [-0.2, -0.15) is 5.10 Å². The molecule has 2 nitrogen and oxygen atoms in total. The Bertz CT molecular complexity index is 26.7. The molecule has 0 rings (SSSR count). The number of nitrogens with one attached hydrogen (secondary N) is 1. The number of hydrazone groups is 1. The molecule has 1 N–H and O–H groups in total. The molecule has 0 saturated carbocycles. The van der Waals surface area contributed by atoms with Crippen LogP contribution in [0.15, 0.2) is 18.3 Å². The van der Waals surface area contributed by atoms with Gasteiger partial charge in [-0.05, 0) is 0 Å². The van der Waals surface area contributed by atoms with E-state index in [-0.39, 0.29) is 0 Å². The van der Waals surface area contributed by atoms with Crippen LogP contribution < -0.4 is 5.43 Å². The summed E-state index contributed by atoms with van der Waals surface area (Å²) in [6, 6.07) is 0. The molecule has 2 heteroatoms. The lowest BCUT2D eigenvalue weighted by Crippen LogP contribution is -1.88. The molecule has 0 saturated heterocycles. The maximum Gasteiger partial charge on any atom is 0.0216 e. The van der Waals surface area contributed by atoms with Crippen LogP contribution in [-0.2, 0) is 0 Å². The van der Waals surface area contributed by atoms with Crippen LogP contribution in [0.5, 0.6) is 0 Å². The minimum Gasteiger partial charge on any atom is -0.314 e. The molecule has 0 atom stereocenters. The topological polar surface area (TPSA) is 24.4 Å². The third-order valence-electron chi connectivity index (χ3n) is 0.158. The van der Waals surface area contributed by atoms with Crippen molar-refractivity contribution in [3.8, 4) is 0 Å². The van der Waals surface area contributed by atoms with Gasteiger partial charge in [-0.25, -0.2) is 0 Å². The zero-order valence-electron chi connectivity index (χ0n) is 4.07. The second kappa shape index (κ2) is 29.6. The molecule has 6 heavy (non-hydrogen) atoms. The quantitative estimate of drug-likeness (QED) is 0.282. The lowest BCUT2D eigenvalue weighted by molar-refractivity contribution is 0.913. The highest BCUT2D eigenvalue weighted by molar-refractivity contribution is 5.22. The van der Waals surface area contributed by atoms with Gasteiger partial charge >= 0.3 is 0 Å². The van der Waals surface area contributed by atoms with Crippen molar-refractivity contribution in [2.24, 2.45) is 5.10 Å². The van der Waals surface area contributed by atoms with E-state index in [1.807, 2.05) is 0 Å². The van der Waals surface area contributed by atoms with Crippen molar-refractivity contribution < 1.29 is 0 Å². The fraction of sp³-hybridized carbons (Fsp3) is 0.250. The Morgan fingerprint density at radius 2 is 1.67 bits per heavy atom. The van der Waals surface area contributed by atoms with E-state index >= 15 is 0 Å². The third-order valence-corrected chi connectivity index (χ3v) is 0.158. The van der Waals surface area contributed by atoms with Crippen LogP contribution >= 0.6 is 0 Å². The van der Waals surface area contributed by atoms with E-state index in [0.29, 0.717) is 0 Å². The second-order valence-electron chi connectivity index (χ2n) is 0.382. The molecule has 0 amide bonds. The molecule has 0 aliphatic rings. The molecule has 0 heterocycles. The zero-order chi connectivity index (χ0) is 5.41. The molecule has 0 fully saturated rings. The average Bonchev–Trinajstić information content (AvgIpc) is 1.72. The molecule has 0 aromatic heterocycles. The Balaban J connectivity index is 0. The van der Waals surface area contributed by atoms with Gasteiger partial charge in [0.05, 0.1) is 0 Å². The molecule has 0 aliphatic carbocycles. The molecule has 0 aromatic rings. The number of rotatable bonds is 1. The molecule has 0 bridgehead atoms. The van der Waals surface area contributed by atoms with Crippen LogP contribution in [0.3, 0.4) is 0 Å². The highest BCUT2D eigenvalue weighted by Gasteiger charge is 1.33. The predicted molar refractivity (Wildman–Crippen MR) is 29.9 cm³/mol. The van der Waals surface area contributed by atoms with E-state index in [2.05, 4.69) is 30.4 Å². The summed E-state index contributed by atoms with van der Waals surface area (Å²) in [5.74, 6) is 0. The summed E-state index contributed by atoms with van der Waals surface area (Å²) < 4.78 is 0. The molecule has 0 aliphatic heterocycles. The standard InChI is InChI=1S/C2H6N2.C2H4/c1-3-4-2;1-2/h4H,1H2,2H3;1-2H2. The second-order valence-corrected chi connectivity index (χ2v) is 0.382. The van der Waals surface area contributed by atoms with Gasteiger partial charge in [-0.1, -0.05) is 0 Å². The number of hydrogen-bond donors (Lipinski definition) is 1. The van der Waals surface area contributed by atoms with Crippen LogP contribution in [0.1, 0.15) is 0 Å². The largest absolute Gasteiger partial charge is 0.314 e. The molecule has 0 unspecified atom stereocenters. The van der Waals surface area contributed by atoms with Gasteiger partial charge in [0.1, 0.15) is 0 Å². The minimum atomic E-state index is 1.70. The third kappa shape index (κ3) is 356. The Morgan fingerprint density at radius 3 is 1.67 bits per heavy atom. The van der Waals surface area contributed by atoms with Gasteiger partial charge in [0.15, 0.2) is 0 Å². The highest BCUT2D eigenvalue weighted by Crippen LogP contribution is 1.27. The SMILES string of the molecule is C=C.C=NNC. The van der Waals surface area contributed by atoms with Gasteiger partial charge < -0.3 is 5.43 Å². The smallest absolute Gasteiger partial charge is 0.0216 e. The average molecular weight is 86.1 g/mol.